The second-order valence-corrected chi connectivity index (χ2v) is 6.84. The van der Waals surface area contributed by atoms with Gasteiger partial charge in [-0.3, -0.25) is 0 Å². The first kappa shape index (κ1) is 12.5. The van der Waals surface area contributed by atoms with Gasteiger partial charge in [-0.1, -0.05) is 0 Å². The van der Waals surface area contributed by atoms with Crippen LogP contribution in [0.2, 0.25) is 0 Å². The van der Waals surface area contributed by atoms with Gasteiger partial charge in [0.05, 0.1) is 0 Å². The van der Waals surface area contributed by atoms with Crippen molar-refractivity contribution in [2.24, 2.45) is 0 Å². The van der Waals surface area contributed by atoms with Crippen LogP contribution >= 0.6 is 0 Å². The fraction of sp³-hybridized carbons (Fsp3) is 0.647. The minimum absolute atomic E-state index is 0.0485. The van der Waals surface area contributed by atoms with E-state index in [9.17, 15) is 0 Å². The van der Waals surface area contributed by atoms with Crippen molar-refractivity contribution in [2.75, 3.05) is 6.54 Å². The van der Waals surface area contributed by atoms with Crippen LogP contribution in [0.1, 0.15) is 50.3 Å². The number of rotatable bonds is 1. The maximum absolute atomic E-state index is 6.18. The van der Waals surface area contributed by atoms with Crippen LogP contribution in [0.3, 0.4) is 0 Å². The molecule has 108 valence electrons. The molecule has 4 rings (SSSR count). The van der Waals surface area contributed by atoms with Gasteiger partial charge >= 0.3 is 0 Å². The first-order chi connectivity index (χ1) is 9.57. The summed E-state index contributed by atoms with van der Waals surface area (Å²) in [5.74, 6) is 2.24. The highest BCUT2D eigenvalue weighted by Gasteiger charge is 2.41. The van der Waals surface area contributed by atoms with E-state index in [4.69, 9.17) is 9.47 Å². The van der Waals surface area contributed by atoms with E-state index < -0.39 is 0 Å². The molecule has 3 heterocycles. The van der Waals surface area contributed by atoms with E-state index in [1.165, 1.54) is 29.5 Å². The lowest BCUT2D eigenvalue weighted by atomic mass is 9.83. The zero-order chi connectivity index (χ0) is 13.9. The van der Waals surface area contributed by atoms with E-state index in [-0.39, 0.29) is 17.7 Å². The summed E-state index contributed by atoms with van der Waals surface area (Å²) in [6.07, 6.45) is 5.00. The fourth-order valence-electron chi connectivity index (χ4n) is 4.12. The molecule has 3 heteroatoms. The molecule has 1 aromatic rings. The maximum Gasteiger partial charge on any atom is 0.128 e. The minimum atomic E-state index is 0.0485. The lowest BCUT2D eigenvalue weighted by Crippen LogP contribution is -2.34. The molecule has 0 amide bonds. The summed E-state index contributed by atoms with van der Waals surface area (Å²) in [5, 5.41) is 3.70. The average molecular weight is 273 g/mol. The highest BCUT2D eigenvalue weighted by molar-refractivity contribution is 5.60. The minimum Gasteiger partial charge on any atom is -0.490 e. The van der Waals surface area contributed by atoms with Gasteiger partial charge in [-0.15, -0.1) is 0 Å². The molecule has 0 aromatic heterocycles. The largest absolute Gasteiger partial charge is 0.490 e. The molecule has 20 heavy (non-hydrogen) atoms. The summed E-state index contributed by atoms with van der Waals surface area (Å²) >= 11 is 0. The van der Waals surface area contributed by atoms with Crippen molar-refractivity contribution in [3.63, 3.8) is 0 Å². The van der Waals surface area contributed by atoms with Crippen molar-refractivity contribution in [2.45, 2.75) is 64.2 Å². The van der Waals surface area contributed by atoms with Crippen molar-refractivity contribution >= 4 is 0 Å². The molecule has 0 radical (unpaired) electrons. The highest BCUT2D eigenvalue weighted by atomic mass is 16.5. The molecule has 1 fully saturated rings. The Bertz CT molecular complexity index is 524. The Morgan fingerprint density at radius 1 is 1.20 bits per heavy atom. The third kappa shape index (κ3) is 1.69. The molecule has 1 N–H and O–H groups in total. The molecule has 0 saturated carbocycles. The summed E-state index contributed by atoms with van der Waals surface area (Å²) in [6.45, 7) is 7.73. The van der Waals surface area contributed by atoms with Gasteiger partial charge in [0.2, 0.25) is 0 Å². The molecule has 0 spiro atoms. The normalized spacial score (nSPS) is 34.5. The number of hydrogen-bond donors (Lipinski definition) is 1. The van der Waals surface area contributed by atoms with Crippen LogP contribution in [0.4, 0.5) is 0 Å². The number of fused-ring (bicyclic) bond motifs is 2. The second-order valence-electron chi connectivity index (χ2n) is 6.84. The molecule has 3 atom stereocenters. The third-order valence-electron chi connectivity index (χ3n) is 4.99. The lowest BCUT2D eigenvalue weighted by molar-refractivity contribution is 0.246. The first-order valence-electron chi connectivity index (χ1n) is 7.84. The van der Waals surface area contributed by atoms with Gasteiger partial charge in [0.15, 0.2) is 0 Å². The van der Waals surface area contributed by atoms with Crippen LogP contribution in [0.15, 0.2) is 6.07 Å². The maximum atomic E-state index is 6.18. The van der Waals surface area contributed by atoms with Crippen molar-refractivity contribution in [1.29, 1.82) is 0 Å². The van der Waals surface area contributed by atoms with E-state index >= 15 is 0 Å². The van der Waals surface area contributed by atoms with Crippen molar-refractivity contribution in [1.82, 2.24) is 5.32 Å². The van der Waals surface area contributed by atoms with E-state index in [0.29, 0.717) is 0 Å². The van der Waals surface area contributed by atoms with Crippen LogP contribution in [0, 0.1) is 0 Å². The second kappa shape index (κ2) is 4.14. The predicted molar refractivity (Wildman–Crippen MR) is 78.6 cm³/mol. The molecule has 1 aromatic carbocycles. The van der Waals surface area contributed by atoms with Gasteiger partial charge in [-0.2, -0.15) is 0 Å². The number of benzene rings is 1. The fourth-order valence-corrected chi connectivity index (χ4v) is 4.12. The van der Waals surface area contributed by atoms with Gasteiger partial charge in [0.1, 0.15) is 23.7 Å². The molecular formula is C17H23NO2. The monoisotopic (exact) mass is 273 g/mol. The highest BCUT2D eigenvalue weighted by Crippen LogP contribution is 2.49. The van der Waals surface area contributed by atoms with Crippen LogP contribution in [0.5, 0.6) is 11.5 Å². The van der Waals surface area contributed by atoms with Crippen molar-refractivity contribution in [3.05, 3.63) is 22.8 Å². The summed E-state index contributed by atoms with van der Waals surface area (Å²) in [5.41, 5.74) is 4.14. The summed E-state index contributed by atoms with van der Waals surface area (Å²) in [7, 11) is 0. The van der Waals surface area contributed by atoms with Crippen molar-refractivity contribution < 1.29 is 9.47 Å². The Labute approximate surface area is 120 Å². The van der Waals surface area contributed by atoms with Gasteiger partial charge in [0.25, 0.3) is 0 Å². The van der Waals surface area contributed by atoms with Crippen LogP contribution in [0.25, 0.3) is 0 Å². The van der Waals surface area contributed by atoms with Gasteiger partial charge < -0.3 is 14.8 Å². The van der Waals surface area contributed by atoms with E-state index in [0.717, 1.165) is 30.9 Å². The molecule has 0 bridgehead atoms. The van der Waals surface area contributed by atoms with Gasteiger partial charge in [-0.05, 0) is 46.2 Å². The summed E-state index contributed by atoms with van der Waals surface area (Å²) in [4.78, 5) is 0. The zero-order valence-corrected chi connectivity index (χ0v) is 12.6. The lowest BCUT2D eigenvalue weighted by Gasteiger charge is -2.29. The van der Waals surface area contributed by atoms with Crippen LogP contribution < -0.4 is 14.8 Å². The number of nitrogens with one attached hydrogen (secondary N) is 1. The average Bonchev–Trinajstić information content (AvgIpc) is 3.03. The third-order valence-corrected chi connectivity index (χ3v) is 4.99. The Kier molecular flexibility index (Phi) is 2.59. The quantitative estimate of drug-likeness (QED) is 0.853. The molecule has 1 saturated heterocycles. The zero-order valence-electron chi connectivity index (χ0n) is 12.6. The molecule has 3 nitrogen and oxygen atoms in total. The smallest absolute Gasteiger partial charge is 0.128 e. The predicted octanol–water partition coefficient (Wildman–Crippen LogP) is 2.93. The van der Waals surface area contributed by atoms with Crippen LogP contribution in [-0.2, 0) is 18.4 Å². The number of hydrogen-bond acceptors (Lipinski definition) is 3. The van der Waals surface area contributed by atoms with E-state index in [1.54, 1.807) is 0 Å². The SMILES string of the molecule is CC1Cc2c(cc3c(c2C2(C)CCCN2)OC(C)C3)O1. The topological polar surface area (TPSA) is 30.5 Å². The Hall–Kier alpha value is -1.22. The Balaban J connectivity index is 1.92. The molecule has 3 aliphatic heterocycles. The first-order valence-corrected chi connectivity index (χ1v) is 7.84. The van der Waals surface area contributed by atoms with Gasteiger partial charge in [-0.25, -0.2) is 0 Å². The molecule has 0 aliphatic carbocycles. The van der Waals surface area contributed by atoms with Crippen molar-refractivity contribution in [3.8, 4) is 11.5 Å². The summed E-state index contributed by atoms with van der Waals surface area (Å²) in [6, 6.07) is 2.22. The summed E-state index contributed by atoms with van der Waals surface area (Å²) < 4.78 is 12.2. The Morgan fingerprint density at radius 3 is 2.75 bits per heavy atom. The standard InChI is InChI=1S/C17H23NO2/c1-10-7-12-9-14-13(8-11(2)19-14)15(16(12)20-10)17(3)5-4-6-18-17/h9-11,18H,4-8H2,1-3H3. The van der Waals surface area contributed by atoms with E-state index in [2.05, 4.69) is 32.2 Å². The van der Waals surface area contributed by atoms with E-state index in [1.807, 2.05) is 0 Å². The number of ether oxygens (including phenoxy) is 2. The molecule has 3 unspecified atom stereocenters. The molecule has 3 aliphatic rings. The molecular weight excluding hydrogens is 250 g/mol. The van der Waals surface area contributed by atoms with Crippen LogP contribution in [-0.4, -0.2) is 18.8 Å². The van der Waals surface area contributed by atoms with Gasteiger partial charge in [0, 0.05) is 35.1 Å². The Morgan fingerprint density at radius 2 is 2.00 bits per heavy atom.